The zero-order valence-corrected chi connectivity index (χ0v) is 18.0. The molecular weight excluding hydrogens is 414 g/mol. The van der Waals surface area contributed by atoms with E-state index in [0.717, 1.165) is 28.1 Å². The molecule has 1 aliphatic rings. The second-order valence-electron chi connectivity index (χ2n) is 7.34. The highest BCUT2D eigenvalue weighted by molar-refractivity contribution is 7.85. The van der Waals surface area contributed by atoms with Crippen molar-refractivity contribution < 1.29 is 22.0 Å². The number of allylic oxidation sites excluding steroid dienone is 4. The van der Waals surface area contributed by atoms with Crippen LogP contribution < -0.4 is 9.47 Å². The van der Waals surface area contributed by atoms with Crippen LogP contribution in [0.3, 0.4) is 0 Å². The van der Waals surface area contributed by atoms with Crippen molar-refractivity contribution in [2.24, 2.45) is 7.05 Å². The van der Waals surface area contributed by atoms with Crippen LogP contribution in [-0.4, -0.2) is 30.3 Å². The second-order valence-corrected chi connectivity index (χ2v) is 8.86. The van der Waals surface area contributed by atoms with Crippen LogP contribution in [0.1, 0.15) is 24.3 Å². The molecule has 0 saturated heterocycles. The average Bonchev–Trinajstić information content (AvgIpc) is 3.16. The first-order valence-electron chi connectivity index (χ1n) is 10.0. The van der Waals surface area contributed by atoms with E-state index in [1.807, 2.05) is 84.7 Å². The predicted octanol–water partition coefficient (Wildman–Crippen LogP) is 3.41. The van der Waals surface area contributed by atoms with Crippen molar-refractivity contribution >= 4 is 38.7 Å². The number of nitrogens with zero attached hydrogens (tertiary/aromatic N) is 3. The van der Waals surface area contributed by atoms with Gasteiger partial charge in [0, 0.05) is 40.8 Å². The number of aromatic nitrogens is 2. The van der Waals surface area contributed by atoms with Gasteiger partial charge in [-0.05, 0) is 42.7 Å². The quantitative estimate of drug-likeness (QED) is 0.320. The van der Waals surface area contributed by atoms with Gasteiger partial charge in [-0.2, -0.15) is 0 Å². The van der Waals surface area contributed by atoms with E-state index in [1.54, 1.807) is 0 Å². The molecule has 3 aromatic rings. The number of pyridine rings is 1. The Balaban J connectivity index is 1.49. The van der Waals surface area contributed by atoms with Gasteiger partial charge in [0.25, 0.3) is 0 Å². The minimum atomic E-state index is -4.16. The van der Waals surface area contributed by atoms with E-state index in [0.29, 0.717) is 25.3 Å². The zero-order valence-electron chi connectivity index (χ0n) is 17.1. The van der Waals surface area contributed by atoms with Crippen molar-refractivity contribution in [3.63, 3.8) is 0 Å². The average molecular weight is 438 g/mol. The van der Waals surface area contributed by atoms with E-state index in [9.17, 15) is 13.0 Å². The van der Waals surface area contributed by atoms with Crippen LogP contribution in [0.25, 0.3) is 22.9 Å². The summed E-state index contributed by atoms with van der Waals surface area (Å²) in [5.41, 5.74) is 4.70. The number of unbranched alkanes of at least 4 members (excludes halogenated alkanes) is 1. The molecule has 160 valence electrons. The van der Waals surface area contributed by atoms with Crippen LogP contribution in [-0.2, 0) is 17.2 Å². The minimum Gasteiger partial charge on any atom is -0.748 e. The first-order valence-corrected chi connectivity index (χ1v) is 11.6. The Hall–Kier alpha value is -3.23. The highest BCUT2D eigenvalue weighted by Crippen LogP contribution is 2.33. The first kappa shape index (κ1) is 21.0. The third-order valence-corrected chi connectivity index (χ3v) is 5.85. The maximum absolute atomic E-state index is 10.8. The standard InChI is InChI=1S/C23H23N3O4S/c1-25-14-7-11-21-23(25)24-22(30-21)12-6-8-18-13-16-26(15-4-5-17-31(27,28)29)20-10-3-2-9-19(18)20/h2-3,6-14,16H,4-5,15,17H2,1H3. The Labute approximate surface area is 181 Å². The highest BCUT2D eigenvalue weighted by atomic mass is 32.2. The third kappa shape index (κ3) is 5.10. The summed E-state index contributed by atoms with van der Waals surface area (Å²) in [6, 6.07) is 11.8. The van der Waals surface area contributed by atoms with Crippen molar-refractivity contribution in [1.29, 1.82) is 0 Å². The molecule has 0 amide bonds. The molecule has 0 fully saturated rings. The normalized spacial score (nSPS) is 15.3. The number of hydrogen-bond acceptors (Lipinski definition) is 6. The number of anilines is 1. The Bertz CT molecular complexity index is 1290. The van der Waals surface area contributed by atoms with Crippen LogP contribution in [0.15, 0.2) is 71.4 Å². The van der Waals surface area contributed by atoms with Crippen molar-refractivity contribution in [2.45, 2.75) is 12.8 Å². The highest BCUT2D eigenvalue weighted by Gasteiger charge is 2.16. The summed E-state index contributed by atoms with van der Waals surface area (Å²) in [6.45, 7) is 0.645. The molecule has 0 radical (unpaired) electrons. The van der Waals surface area contributed by atoms with Crippen molar-refractivity contribution in [1.82, 2.24) is 4.98 Å². The van der Waals surface area contributed by atoms with Crippen LogP contribution in [0, 0.1) is 0 Å². The molecule has 4 rings (SSSR count). The third-order valence-electron chi connectivity index (χ3n) is 5.06. The van der Waals surface area contributed by atoms with E-state index in [2.05, 4.69) is 9.88 Å². The van der Waals surface area contributed by atoms with Crippen LogP contribution >= 0.6 is 0 Å². The molecule has 0 unspecified atom stereocenters. The fourth-order valence-corrected chi connectivity index (χ4v) is 4.10. The smallest absolute Gasteiger partial charge is 0.370 e. The SMILES string of the molecule is C[n+]1cccc2oc(/C=C/C=C3\C=CN(CCCCS(=O)(=O)[O-])c4ccccc43)nc21. The Kier molecular flexibility index (Phi) is 6.01. The van der Waals surface area contributed by atoms with Crippen LogP contribution in [0.2, 0.25) is 0 Å². The molecule has 3 heterocycles. The lowest BCUT2D eigenvalue weighted by Gasteiger charge is -2.27. The van der Waals surface area contributed by atoms with E-state index in [-0.39, 0.29) is 5.75 Å². The molecule has 0 N–H and O–H groups in total. The van der Waals surface area contributed by atoms with Gasteiger partial charge in [-0.1, -0.05) is 30.4 Å². The monoisotopic (exact) mass is 437 g/mol. The number of para-hydroxylation sites is 1. The lowest BCUT2D eigenvalue weighted by atomic mass is 9.99. The number of rotatable bonds is 7. The summed E-state index contributed by atoms with van der Waals surface area (Å²) < 4.78 is 40.0. The molecule has 0 aliphatic carbocycles. The number of hydrogen-bond donors (Lipinski definition) is 0. The van der Waals surface area contributed by atoms with E-state index in [1.165, 1.54) is 0 Å². The molecule has 0 spiro atoms. The van der Waals surface area contributed by atoms with Gasteiger partial charge >= 0.3 is 11.5 Å². The lowest BCUT2D eigenvalue weighted by Crippen LogP contribution is -2.27. The summed E-state index contributed by atoms with van der Waals surface area (Å²) in [7, 11) is -2.23. The zero-order chi connectivity index (χ0) is 21.8. The maximum Gasteiger partial charge on any atom is 0.370 e. The topological polar surface area (TPSA) is 90.3 Å². The van der Waals surface area contributed by atoms with Crippen LogP contribution in [0.5, 0.6) is 0 Å². The number of oxazole rings is 1. The Morgan fingerprint density at radius 1 is 1.19 bits per heavy atom. The van der Waals surface area contributed by atoms with Gasteiger partial charge in [0.05, 0.1) is 23.4 Å². The van der Waals surface area contributed by atoms with Crippen molar-refractivity contribution in [2.75, 3.05) is 17.2 Å². The van der Waals surface area contributed by atoms with Gasteiger partial charge in [-0.3, -0.25) is 0 Å². The Morgan fingerprint density at radius 3 is 2.84 bits per heavy atom. The predicted molar refractivity (Wildman–Crippen MR) is 119 cm³/mol. The minimum absolute atomic E-state index is 0.323. The fraction of sp³-hybridized carbons (Fsp3) is 0.217. The van der Waals surface area contributed by atoms with Gasteiger partial charge in [-0.25, -0.2) is 13.0 Å². The van der Waals surface area contributed by atoms with Crippen molar-refractivity contribution in [3.8, 4) is 0 Å². The van der Waals surface area contributed by atoms with E-state index in [4.69, 9.17) is 4.42 Å². The molecule has 8 heteroatoms. The van der Waals surface area contributed by atoms with Gasteiger partial charge < -0.3 is 13.9 Å². The Morgan fingerprint density at radius 2 is 2.03 bits per heavy atom. The van der Waals surface area contributed by atoms with Gasteiger partial charge in [0.2, 0.25) is 5.58 Å². The molecule has 1 aliphatic heterocycles. The largest absolute Gasteiger partial charge is 0.748 e. The summed E-state index contributed by atoms with van der Waals surface area (Å²) in [5, 5.41) is 0. The molecular formula is C23H23N3O4S. The summed E-state index contributed by atoms with van der Waals surface area (Å²) >= 11 is 0. The van der Waals surface area contributed by atoms with E-state index >= 15 is 0 Å². The van der Waals surface area contributed by atoms with Gasteiger partial charge in [0.15, 0.2) is 0 Å². The number of fused-ring (bicyclic) bond motifs is 2. The molecule has 0 saturated carbocycles. The number of benzene rings is 1. The fourth-order valence-electron chi connectivity index (χ4n) is 3.55. The van der Waals surface area contributed by atoms with Gasteiger partial charge in [0.1, 0.15) is 0 Å². The molecule has 1 aromatic carbocycles. The van der Waals surface area contributed by atoms with Crippen LogP contribution in [0.4, 0.5) is 5.69 Å². The van der Waals surface area contributed by atoms with Crippen molar-refractivity contribution in [3.05, 3.63) is 78.5 Å². The summed E-state index contributed by atoms with van der Waals surface area (Å²) in [6.07, 6.45) is 12.6. The summed E-state index contributed by atoms with van der Waals surface area (Å²) in [5.74, 6) is 0.215. The molecule has 31 heavy (non-hydrogen) atoms. The first-order chi connectivity index (χ1) is 14.9. The molecule has 0 atom stereocenters. The molecule has 7 nitrogen and oxygen atoms in total. The maximum atomic E-state index is 10.8. The van der Waals surface area contributed by atoms with Gasteiger partial charge in [-0.15, -0.1) is 0 Å². The van der Waals surface area contributed by atoms with E-state index < -0.39 is 10.1 Å². The lowest BCUT2D eigenvalue weighted by molar-refractivity contribution is -0.646. The number of aryl methyl sites for hydroxylation is 1. The molecule has 2 aromatic heterocycles. The molecule has 0 bridgehead atoms. The summed E-state index contributed by atoms with van der Waals surface area (Å²) in [4.78, 5) is 6.58. The second kappa shape index (κ2) is 8.87.